The molecule has 0 fully saturated rings. The Bertz CT molecular complexity index is 112. The van der Waals surface area contributed by atoms with E-state index in [9.17, 15) is 8.78 Å². The van der Waals surface area contributed by atoms with E-state index >= 15 is 0 Å². The second-order valence-corrected chi connectivity index (χ2v) is 2.62. The largest absolute Gasteiger partial charge is 0.396 e. The zero-order valence-corrected chi connectivity index (χ0v) is 6.89. The molecule has 0 aromatic carbocycles. The van der Waals surface area contributed by atoms with E-state index in [-0.39, 0.29) is 6.61 Å². The van der Waals surface area contributed by atoms with Gasteiger partial charge in [-0.1, -0.05) is 0 Å². The molecule has 0 atom stereocenters. The fraction of sp³-hybridized carbons (Fsp3) is 1.00. The van der Waals surface area contributed by atoms with Gasteiger partial charge in [0.15, 0.2) is 0 Å². The van der Waals surface area contributed by atoms with Gasteiger partial charge >= 0.3 is 0 Å². The average Bonchev–Trinajstić information content (AvgIpc) is 2.04. The first-order chi connectivity index (χ1) is 5.62. The predicted molar refractivity (Wildman–Crippen MR) is 41.2 cm³/mol. The average molecular weight is 183 g/mol. The molecule has 0 bridgehead atoms. The van der Waals surface area contributed by atoms with Crippen LogP contribution < -0.4 is 5.32 Å². The number of alkyl halides is 2. The van der Waals surface area contributed by atoms with Crippen molar-refractivity contribution in [3.8, 4) is 0 Å². The summed E-state index contributed by atoms with van der Waals surface area (Å²) in [5.74, 6) is -3.03. The molecule has 5 heteroatoms. The van der Waals surface area contributed by atoms with E-state index in [1.807, 2.05) is 0 Å². The molecule has 0 amide bonds. The van der Waals surface area contributed by atoms with Gasteiger partial charge in [0.2, 0.25) is 0 Å². The lowest BCUT2D eigenvalue weighted by Gasteiger charge is -2.13. The van der Waals surface area contributed by atoms with Crippen molar-refractivity contribution in [2.45, 2.75) is 18.8 Å². The van der Waals surface area contributed by atoms with E-state index in [2.05, 4.69) is 5.32 Å². The Balaban J connectivity index is 3.19. The van der Waals surface area contributed by atoms with Crippen LogP contribution in [0.1, 0.15) is 12.8 Å². The summed E-state index contributed by atoms with van der Waals surface area (Å²) in [6.45, 7) is -1.11. The number of halogens is 2. The van der Waals surface area contributed by atoms with Crippen LogP contribution in [0, 0.1) is 0 Å². The van der Waals surface area contributed by atoms with E-state index in [0.717, 1.165) is 0 Å². The highest BCUT2D eigenvalue weighted by Crippen LogP contribution is 2.09. The number of nitrogens with one attached hydrogen (secondary N) is 1. The lowest BCUT2D eigenvalue weighted by molar-refractivity contribution is -0.0474. The first-order valence-electron chi connectivity index (χ1n) is 3.92. The second kappa shape index (κ2) is 6.28. The van der Waals surface area contributed by atoms with Crippen molar-refractivity contribution in [2.24, 2.45) is 0 Å². The highest BCUT2D eigenvalue weighted by atomic mass is 19.3. The quantitative estimate of drug-likeness (QED) is 0.486. The van der Waals surface area contributed by atoms with Crippen molar-refractivity contribution in [3.63, 3.8) is 0 Å². The first-order valence-corrected chi connectivity index (χ1v) is 3.92. The Kier molecular flexibility index (Phi) is 6.14. The molecule has 0 radical (unpaired) electrons. The smallest absolute Gasteiger partial charge is 0.282 e. The third kappa shape index (κ3) is 6.45. The summed E-state index contributed by atoms with van der Waals surface area (Å²) in [7, 11) is 0. The summed E-state index contributed by atoms with van der Waals surface area (Å²) in [6.07, 6.45) is 1.27. The summed E-state index contributed by atoms with van der Waals surface area (Å²) >= 11 is 0. The zero-order valence-electron chi connectivity index (χ0n) is 6.89. The number of unbranched alkanes of at least 4 members (excludes halogenated alkanes) is 1. The molecule has 0 aliphatic heterocycles. The van der Waals surface area contributed by atoms with Gasteiger partial charge in [-0.25, -0.2) is 8.78 Å². The maximum atomic E-state index is 12.3. The van der Waals surface area contributed by atoms with Gasteiger partial charge in [-0.05, 0) is 19.4 Å². The van der Waals surface area contributed by atoms with E-state index in [1.54, 1.807) is 0 Å². The first kappa shape index (κ1) is 11.7. The van der Waals surface area contributed by atoms with E-state index in [0.29, 0.717) is 19.4 Å². The van der Waals surface area contributed by atoms with Gasteiger partial charge < -0.3 is 15.5 Å². The van der Waals surface area contributed by atoms with E-state index < -0.39 is 19.1 Å². The van der Waals surface area contributed by atoms with Gasteiger partial charge in [0.05, 0.1) is 6.54 Å². The standard InChI is InChI=1S/C7H15F2NO2/c8-7(9,6-12)5-10-3-1-2-4-11/h10-12H,1-6H2. The van der Waals surface area contributed by atoms with Crippen LogP contribution in [0.2, 0.25) is 0 Å². The summed E-state index contributed by atoms with van der Waals surface area (Å²) in [6, 6.07) is 0. The third-order valence-electron chi connectivity index (χ3n) is 1.38. The predicted octanol–water partition coefficient (Wildman–Crippen LogP) is -0.0239. The van der Waals surface area contributed by atoms with Gasteiger partial charge in [0.25, 0.3) is 5.92 Å². The summed E-state index contributed by atoms with van der Waals surface area (Å²) in [5, 5.41) is 19.0. The van der Waals surface area contributed by atoms with Crippen molar-refractivity contribution >= 4 is 0 Å². The van der Waals surface area contributed by atoms with Gasteiger partial charge in [0, 0.05) is 6.61 Å². The van der Waals surface area contributed by atoms with Crippen molar-refractivity contribution in [1.29, 1.82) is 0 Å². The Labute approximate surface area is 70.4 Å². The molecule has 0 saturated carbocycles. The van der Waals surface area contributed by atoms with Crippen LogP contribution in [0.4, 0.5) is 8.78 Å². The fourth-order valence-electron chi connectivity index (χ4n) is 0.689. The molecule has 0 aromatic rings. The van der Waals surface area contributed by atoms with Crippen LogP contribution in [-0.2, 0) is 0 Å². The summed E-state index contributed by atoms with van der Waals surface area (Å²) < 4.78 is 24.6. The van der Waals surface area contributed by atoms with E-state index in [4.69, 9.17) is 10.2 Å². The summed E-state index contributed by atoms with van der Waals surface area (Å²) in [5.41, 5.74) is 0. The van der Waals surface area contributed by atoms with E-state index in [1.165, 1.54) is 0 Å². The van der Waals surface area contributed by atoms with Gasteiger partial charge in [0.1, 0.15) is 6.61 Å². The molecule has 0 aliphatic rings. The van der Waals surface area contributed by atoms with Crippen LogP contribution in [0.3, 0.4) is 0 Å². The molecule has 3 N–H and O–H groups in total. The molecular weight excluding hydrogens is 168 g/mol. The van der Waals surface area contributed by atoms with Gasteiger partial charge in [-0.3, -0.25) is 0 Å². The summed E-state index contributed by atoms with van der Waals surface area (Å²) in [4.78, 5) is 0. The molecule has 0 rings (SSSR count). The van der Waals surface area contributed by atoms with Crippen LogP contribution in [-0.4, -0.2) is 42.4 Å². The maximum Gasteiger partial charge on any atom is 0.282 e. The molecule has 0 unspecified atom stereocenters. The number of hydrogen-bond donors (Lipinski definition) is 3. The van der Waals surface area contributed by atoms with Crippen LogP contribution in [0.25, 0.3) is 0 Å². The van der Waals surface area contributed by atoms with Crippen LogP contribution >= 0.6 is 0 Å². The Morgan fingerprint density at radius 3 is 2.33 bits per heavy atom. The number of rotatable bonds is 7. The number of hydrogen-bond acceptors (Lipinski definition) is 3. The number of aliphatic hydroxyl groups excluding tert-OH is 2. The second-order valence-electron chi connectivity index (χ2n) is 2.62. The molecule has 3 nitrogen and oxygen atoms in total. The minimum Gasteiger partial charge on any atom is -0.396 e. The minimum atomic E-state index is -3.03. The maximum absolute atomic E-state index is 12.3. The number of aliphatic hydroxyl groups is 2. The third-order valence-corrected chi connectivity index (χ3v) is 1.38. The lowest BCUT2D eigenvalue weighted by atomic mass is 10.3. The Hall–Kier alpha value is -0.260. The SMILES string of the molecule is OCCCCNCC(F)(F)CO. The molecule has 0 spiro atoms. The molecule has 0 heterocycles. The van der Waals surface area contributed by atoms with Crippen molar-refractivity contribution in [2.75, 3.05) is 26.3 Å². The van der Waals surface area contributed by atoms with Gasteiger partial charge in [-0.2, -0.15) is 0 Å². The molecule has 0 aliphatic carbocycles. The van der Waals surface area contributed by atoms with Gasteiger partial charge in [-0.15, -0.1) is 0 Å². The zero-order chi connectivity index (χ0) is 9.45. The van der Waals surface area contributed by atoms with Crippen LogP contribution in [0.15, 0.2) is 0 Å². The Morgan fingerprint density at radius 2 is 1.83 bits per heavy atom. The highest BCUT2D eigenvalue weighted by Gasteiger charge is 2.26. The topological polar surface area (TPSA) is 52.5 Å². The normalized spacial score (nSPS) is 12.0. The van der Waals surface area contributed by atoms with Crippen molar-refractivity contribution in [3.05, 3.63) is 0 Å². The fourth-order valence-corrected chi connectivity index (χ4v) is 0.689. The molecule has 74 valence electrons. The monoisotopic (exact) mass is 183 g/mol. The van der Waals surface area contributed by atoms with Crippen LogP contribution in [0.5, 0.6) is 0 Å². The molecule has 0 saturated heterocycles. The molecule has 0 aromatic heterocycles. The molecule has 12 heavy (non-hydrogen) atoms. The minimum absolute atomic E-state index is 0.0814. The highest BCUT2D eigenvalue weighted by molar-refractivity contribution is 4.67. The Morgan fingerprint density at radius 1 is 1.17 bits per heavy atom. The van der Waals surface area contributed by atoms with Crippen molar-refractivity contribution < 1.29 is 19.0 Å². The lowest BCUT2D eigenvalue weighted by Crippen LogP contribution is -2.36. The molecular formula is C7H15F2NO2. The van der Waals surface area contributed by atoms with Crippen molar-refractivity contribution in [1.82, 2.24) is 5.32 Å².